The molecule has 4 heterocycles. The number of carbonyl (C=O) groups excluding carboxylic acids is 1. The van der Waals surface area contributed by atoms with E-state index < -0.39 is 0 Å². The highest BCUT2D eigenvalue weighted by Gasteiger charge is 2.26. The van der Waals surface area contributed by atoms with Crippen molar-refractivity contribution in [2.45, 2.75) is 32.2 Å². The van der Waals surface area contributed by atoms with Gasteiger partial charge in [-0.2, -0.15) is 5.10 Å². The van der Waals surface area contributed by atoms with Crippen molar-refractivity contribution in [3.8, 4) is 11.5 Å². The first kappa shape index (κ1) is 18.2. The van der Waals surface area contributed by atoms with E-state index in [0.717, 1.165) is 51.3 Å². The molecule has 0 bridgehead atoms. The molecule has 0 radical (unpaired) electrons. The number of carbonyl (C=O) groups is 1. The van der Waals surface area contributed by atoms with E-state index in [4.69, 9.17) is 9.15 Å². The normalized spacial score (nSPS) is 21.6. The van der Waals surface area contributed by atoms with Gasteiger partial charge in [-0.1, -0.05) is 0 Å². The number of likely N-dealkylation sites (tertiary alicyclic amines) is 1. The lowest BCUT2D eigenvalue weighted by Gasteiger charge is -2.33. The zero-order chi connectivity index (χ0) is 18.8. The highest BCUT2D eigenvalue weighted by atomic mass is 16.5. The lowest BCUT2D eigenvalue weighted by Crippen LogP contribution is -2.46. The number of aromatic nitrogens is 3. The van der Waals surface area contributed by atoms with E-state index in [2.05, 4.69) is 20.3 Å². The maximum absolute atomic E-state index is 12.7. The van der Waals surface area contributed by atoms with Gasteiger partial charge in [0.05, 0.1) is 18.4 Å². The van der Waals surface area contributed by atoms with Crippen molar-refractivity contribution >= 4 is 5.91 Å². The molecule has 0 spiro atoms. The van der Waals surface area contributed by atoms with Crippen molar-refractivity contribution in [2.75, 3.05) is 32.8 Å². The van der Waals surface area contributed by atoms with Crippen LogP contribution in [0.4, 0.5) is 0 Å². The Morgan fingerprint density at radius 2 is 2.15 bits per heavy atom. The highest BCUT2D eigenvalue weighted by molar-refractivity contribution is 5.93. The second-order valence-electron chi connectivity index (χ2n) is 7.60. The van der Waals surface area contributed by atoms with E-state index in [1.54, 1.807) is 17.8 Å². The number of nitrogens with one attached hydrogen (secondary N) is 1. The smallest absolute Gasteiger partial charge is 0.273 e. The van der Waals surface area contributed by atoms with Crippen molar-refractivity contribution in [2.24, 2.45) is 13.0 Å². The molecule has 1 amide bonds. The molecule has 0 aromatic carbocycles. The molecule has 2 aliphatic heterocycles. The molecule has 2 fully saturated rings. The van der Waals surface area contributed by atoms with E-state index in [1.807, 2.05) is 13.2 Å². The van der Waals surface area contributed by atoms with Crippen molar-refractivity contribution < 1.29 is 13.9 Å². The van der Waals surface area contributed by atoms with Crippen LogP contribution in [0.25, 0.3) is 11.5 Å². The van der Waals surface area contributed by atoms with Gasteiger partial charge in [-0.05, 0) is 32.1 Å². The second kappa shape index (κ2) is 7.82. The molecule has 1 N–H and O–H groups in total. The van der Waals surface area contributed by atoms with Crippen LogP contribution in [-0.2, 0) is 11.8 Å². The third kappa shape index (κ3) is 4.22. The number of nitrogens with zero attached hydrogens (tertiary/aromatic N) is 4. The Bertz CT molecular complexity index is 785. The molecule has 1 atom stereocenters. The van der Waals surface area contributed by atoms with Crippen LogP contribution in [0.1, 0.15) is 35.5 Å². The molecule has 4 rings (SSSR count). The van der Waals surface area contributed by atoms with Gasteiger partial charge in [-0.3, -0.25) is 9.48 Å². The first-order chi connectivity index (χ1) is 13.1. The molecule has 8 heteroatoms. The number of oxazole rings is 1. The number of piperidine rings is 1. The Hall–Kier alpha value is -2.19. The summed E-state index contributed by atoms with van der Waals surface area (Å²) in [6, 6.07) is 0.187. The fourth-order valence-electron chi connectivity index (χ4n) is 3.87. The van der Waals surface area contributed by atoms with Crippen LogP contribution in [-0.4, -0.2) is 64.5 Å². The highest BCUT2D eigenvalue weighted by Crippen LogP contribution is 2.22. The summed E-state index contributed by atoms with van der Waals surface area (Å²) in [5.74, 6) is 1.47. The number of aryl methyl sites for hydroxylation is 2. The van der Waals surface area contributed by atoms with Gasteiger partial charge in [0.1, 0.15) is 5.76 Å². The van der Waals surface area contributed by atoms with E-state index in [1.165, 1.54) is 6.42 Å². The number of ether oxygens (including phenoxy) is 1. The molecule has 2 aromatic heterocycles. The minimum absolute atomic E-state index is 0.158. The van der Waals surface area contributed by atoms with Gasteiger partial charge in [0.25, 0.3) is 5.91 Å². The number of hydrogen-bond acceptors (Lipinski definition) is 6. The van der Waals surface area contributed by atoms with E-state index in [-0.39, 0.29) is 11.9 Å². The molecule has 8 nitrogen and oxygen atoms in total. The van der Waals surface area contributed by atoms with Gasteiger partial charge in [0.15, 0.2) is 5.69 Å². The standard InChI is InChI=1S/C19H27N5O3/c1-13-17(22-19(27-13)15-9-20-23(2)11-15)18(25)21-16-3-6-24(7-4-16)10-14-5-8-26-12-14/h9,11,14,16H,3-8,10,12H2,1-2H3,(H,21,25). The summed E-state index contributed by atoms with van der Waals surface area (Å²) in [6.07, 6.45) is 6.59. The monoisotopic (exact) mass is 373 g/mol. The van der Waals surface area contributed by atoms with Gasteiger partial charge < -0.3 is 19.4 Å². The summed E-state index contributed by atoms with van der Waals surface area (Å²) in [7, 11) is 1.83. The largest absolute Gasteiger partial charge is 0.440 e. The van der Waals surface area contributed by atoms with Crippen LogP contribution in [0.15, 0.2) is 16.8 Å². The molecular weight excluding hydrogens is 346 g/mol. The number of amides is 1. The summed E-state index contributed by atoms with van der Waals surface area (Å²) in [6.45, 7) is 6.70. The zero-order valence-corrected chi connectivity index (χ0v) is 16.0. The molecule has 27 heavy (non-hydrogen) atoms. The molecule has 146 valence electrons. The Kier molecular flexibility index (Phi) is 5.27. The second-order valence-corrected chi connectivity index (χ2v) is 7.60. The van der Waals surface area contributed by atoms with Crippen molar-refractivity contribution in [3.05, 3.63) is 23.8 Å². The molecule has 2 aromatic rings. The first-order valence-electron chi connectivity index (χ1n) is 9.66. The third-order valence-corrected chi connectivity index (χ3v) is 5.43. The zero-order valence-electron chi connectivity index (χ0n) is 16.0. The fourth-order valence-corrected chi connectivity index (χ4v) is 3.87. The predicted octanol–water partition coefficient (Wildman–Crippen LogP) is 1.61. The first-order valence-corrected chi connectivity index (χ1v) is 9.66. The Morgan fingerprint density at radius 1 is 1.33 bits per heavy atom. The van der Waals surface area contributed by atoms with Gasteiger partial charge in [-0.25, -0.2) is 4.98 Å². The van der Waals surface area contributed by atoms with Crippen LogP contribution < -0.4 is 5.32 Å². The summed E-state index contributed by atoms with van der Waals surface area (Å²) in [4.78, 5) is 19.5. The van der Waals surface area contributed by atoms with E-state index in [9.17, 15) is 4.79 Å². The van der Waals surface area contributed by atoms with Crippen LogP contribution in [0.5, 0.6) is 0 Å². The summed E-state index contributed by atoms with van der Waals surface area (Å²) < 4.78 is 12.8. The molecular formula is C19H27N5O3. The predicted molar refractivity (Wildman–Crippen MR) is 99.3 cm³/mol. The van der Waals surface area contributed by atoms with Crippen LogP contribution in [0.2, 0.25) is 0 Å². The average Bonchev–Trinajstić information content (AvgIpc) is 3.38. The quantitative estimate of drug-likeness (QED) is 0.857. The van der Waals surface area contributed by atoms with Gasteiger partial charge in [0, 0.05) is 45.5 Å². The van der Waals surface area contributed by atoms with Gasteiger partial charge in [0.2, 0.25) is 5.89 Å². The van der Waals surface area contributed by atoms with E-state index >= 15 is 0 Å². The van der Waals surface area contributed by atoms with Crippen molar-refractivity contribution in [1.29, 1.82) is 0 Å². The SMILES string of the molecule is Cc1oc(-c2cnn(C)c2)nc1C(=O)NC1CCN(CC2CCOC2)CC1. The van der Waals surface area contributed by atoms with E-state index in [0.29, 0.717) is 23.3 Å². The van der Waals surface area contributed by atoms with Crippen LogP contribution in [0.3, 0.4) is 0 Å². The minimum atomic E-state index is -0.158. The minimum Gasteiger partial charge on any atom is -0.440 e. The topological polar surface area (TPSA) is 85.4 Å². The summed E-state index contributed by atoms with van der Waals surface area (Å²) in [5, 5.41) is 7.24. The fraction of sp³-hybridized carbons (Fsp3) is 0.632. The van der Waals surface area contributed by atoms with Crippen molar-refractivity contribution in [1.82, 2.24) is 25.0 Å². The molecule has 0 aliphatic carbocycles. The third-order valence-electron chi connectivity index (χ3n) is 5.43. The molecule has 2 saturated heterocycles. The van der Waals surface area contributed by atoms with Crippen LogP contribution >= 0.6 is 0 Å². The molecule has 0 saturated carbocycles. The number of hydrogen-bond donors (Lipinski definition) is 1. The molecule has 2 aliphatic rings. The van der Waals surface area contributed by atoms with Gasteiger partial charge >= 0.3 is 0 Å². The Morgan fingerprint density at radius 3 is 2.81 bits per heavy atom. The maximum atomic E-state index is 12.7. The number of rotatable bonds is 5. The lowest BCUT2D eigenvalue weighted by atomic mass is 10.0. The molecule has 1 unspecified atom stereocenters. The van der Waals surface area contributed by atoms with Crippen LogP contribution in [0, 0.1) is 12.8 Å². The average molecular weight is 373 g/mol. The Labute approximate surface area is 158 Å². The van der Waals surface area contributed by atoms with Gasteiger partial charge in [-0.15, -0.1) is 0 Å². The summed E-state index contributed by atoms with van der Waals surface area (Å²) >= 11 is 0. The summed E-state index contributed by atoms with van der Waals surface area (Å²) in [5.41, 5.74) is 1.13. The lowest BCUT2D eigenvalue weighted by molar-refractivity contribution is 0.0897. The van der Waals surface area contributed by atoms with Crippen molar-refractivity contribution in [3.63, 3.8) is 0 Å². The maximum Gasteiger partial charge on any atom is 0.273 e. The Balaban J connectivity index is 1.31.